The van der Waals surface area contributed by atoms with Gasteiger partial charge in [0.15, 0.2) is 0 Å². The normalized spacial score (nSPS) is 14.8. The lowest BCUT2D eigenvalue weighted by Crippen LogP contribution is -2.31. The maximum Gasteiger partial charge on any atom is 0.490 e. The molecule has 1 aromatic rings. The van der Waals surface area contributed by atoms with Gasteiger partial charge in [-0.1, -0.05) is 17.7 Å². The summed E-state index contributed by atoms with van der Waals surface area (Å²) in [5.74, 6) is 0.451. The highest BCUT2D eigenvalue weighted by molar-refractivity contribution is 6.63. The second kappa shape index (κ2) is 3.86. The Morgan fingerprint density at radius 3 is 2.53 bits per heavy atom. The van der Waals surface area contributed by atoms with Crippen molar-refractivity contribution in [2.45, 2.75) is 18.8 Å². The summed E-state index contributed by atoms with van der Waals surface area (Å²) in [4.78, 5) is 0. The number of benzene rings is 1. The number of rotatable bonds is 2. The van der Waals surface area contributed by atoms with E-state index in [0.29, 0.717) is 11.5 Å². The van der Waals surface area contributed by atoms with Gasteiger partial charge in [-0.15, -0.1) is 0 Å². The van der Waals surface area contributed by atoms with Gasteiger partial charge in [-0.05, 0) is 30.4 Å². The topological polar surface area (TPSA) is 64.2 Å². The predicted molar refractivity (Wildman–Crippen MR) is 58.0 cm³/mol. The first-order valence-electron chi connectivity index (χ1n) is 4.73. The monoisotopic (exact) mass is 221 g/mol. The molecule has 1 aliphatic rings. The lowest BCUT2D eigenvalue weighted by Gasteiger charge is -2.07. The lowest BCUT2D eigenvalue weighted by molar-refractivity contribution is 0.426. The molecule has 3 nitrogen and oxygen atoms in total. The summed E-state index contributed by atoms with van der Waals surface area (Å²) < 4.78 is 0. The van der Waals surface area contributed by atoms with Crippen molar-refractivity contribution in [2.75, 3.05) is 0 Å². The van der Waals surface area contributed by atoms with Crippen molar-refractivity contribution in [3.63, 3.8) is 0 Å². The summed E-state index contributed by atoms with van der Waals surface area (Å²) in [6.07, 6.45) is 2.18. The van der Waals surface area contributed by atoms with Gasteiger partial charge in [0.2, 0.25) is 0 Å². The Balaban J connectivity index is 2.53. The molecular weight excluding hydrogens is 212 g/mol. The van der Waals surface area contributed by atoms with Crippen molar-refractivity contribution in [3.05, 3.63) is 28.3 Å². The lowest BCUT2D eigenvalue weighted by atomic mass is 9.78. The molecule has 76 valence electrons. The average molecular weight is 221 g/mol. The van der Waals surface area contributed by atoms with Crippen LogP contribution in [0, 0.1) is 11.3 Å². The smallest absolute Gasteiger partial charge is 0.423 e. The fourth-order valence-electron chi connectivity index (χ4n) is 1.59. The zero-order valence-electron chi connectivity index (χ0n) is 7.94. The van der Waals surface area contributed by atoms with Crippen LogP contribution in [0.5, 0.6) is 0 Å². The highest BCUT2D eigenvalue weighted by Crippen LogP contribution is 2.40. The number of nitrogens with zero attached hydrogens (tertiary/aromatic N) is 1. The molecule has 0 atom stereocenters. The van der Waals surface area contributed by atoms with Crippen LogP contribution in [0.2, 0.25) is 5.02 Å². The Labute approximate surface area is 93.1 Å². The minimum Gasteiger partial charge on any atom is -0.423 e. The van der Waals surface area contributed by atoms with Crippen molar-refractivity contribution >= 4 is 24.2 Å². The Morgan fingerprint density at radius 2 is 2.07 bits per heavy atom. The fraction of sp³-hybridized carbons (Fsp3) is 0.300. The van der Waals surface area contributed by atoms with Gasteiger partial charge >= 0.3 is 7.12 Å². The molecule has 0 unspecified atom stereocenters. The highest BCUT2D eigenvalue weighted by atomic mass is 35.5. The van der Waals surface area contributed by atoms with Crippen LogP contribution in [0.25, 0.3) is 0 Å². The van der Waals surface area contributed by atoms with E-state index in [-0.39, 0.29) is 10.5 Å². The van der Waals surface area contributed by atoms with Crippen LogP contribution in [0.1, 0.15) is 29.9 Å². The van der Waals surface area contributed by atoms with Crippen LogP contribution in [-0.4, -0.2) is 17.2 Å². The van der Waals surface area contributed by atoms with Crippen molar-refractivity contribution < 1.29 is 10.0 Å². The van der Waals surface area contributed by atoms with Crippen LogP contribution >= 0.6 is 11.6 Å². The molecule has 15 heavy (non-hydrogen) atoms. The SMILES string of the molecule is N#Cc1cc(C2CC2)cc(B(O)O)c1Cl. The molecule has 5 heteroatoms. The first kappa shape index (κ1) is 10.5. The third-order valence-electron chi connectivity index (χ3n) is 2.57. The quantitative estimate of drug-likeness (QED) is 0.725. The predicted octanol–water partition coefficient (Wildman–Crippen LogP) is 0.769. The van der Waals surface area contributed by atoms with Crippen LogP contribution in [0.15, 0.2) is 12.1 Å². The minimum atomic E-state index is -1.62. The minimum absolute atomic E-state index is 0.136. The van der Waals surface area contributed by atoms with E-state index in [2.05, 4.69) is 0 Å². The molecule has 1 fully saturated rings. The molecule has 1 aliphatic carbocycles. The molecule has 0 bridgehead atoms. The third kappa shape index (κ3) is 2.00. The Bertz CT molecular complexity index is 438. The van der Waals surface area contributed by atoms with Gasteiger partial charge in [0.05, 0.1) is 10.6 Å². The van der Waals surface area contributed by atoms with E-state index in [1.807, 2.05) is 6.07 Å². The number of nitriles is 1. The van der Waals surface area contributed by atoms with Gasteiger partial charge in [-0.25, -0.2) is 0 Å². The molecular formula is C10H9BClNO2. The number of hydrogen-bond acceptors (Lipinski definition) is 3. The van der Waals surface area contributed by atoms with Crippen LogP contribution in [0.4, 0.5) is 0 Å². The van der Waals surface area contributed by atoms with E-state index in [9.17, 15) is 0 Å². The van der Waals surface area contributed by atoms with E-state index >= 15 is 0 Å². The summed E-state index contributed by atoms with van der Waals surface area (Å²) in [7, 11) is -1.62. The second-order valence-corrected chi connectivity index (χ2v) is 4.11. The summed E-state index contributed by atoms with van der Waals surface area (Å²) >= 11 is 5.86. The van der Waals surface area contributed by atoms with Crippen molar-refractivity contribution in [2.24, 2.45) is 0 Å². The molecule has 0 aromatic heterocycles. The molecule has 0 saturated heterocycles. The second-order valence-electron chi connectivity index (χ2n) is 3.73. The van der Waals surface area contributed by atoms with Gasteiger partial charge in [0.1, 0.15) is 6.07 Å². The maximum absolute atomic E-state index is 9.11. The van der Waals surface area contributed by atoms with Crippen LogP contribution in [-0.2, 0) is 0 Å². The van der Waals surface area contributed by atoms with E-state index in [0.717, 1.165) is 18.4 Å². The number of hydrogen-bond donors (Lipinski definition) is 2. The van der Waals surface area contributed by atoms with Crippen molar-refractivity contribution in [1.29, 1.82) is 5.26 Å². The molecule has 2 N–H and O–H groups in total. The zero-order chi connectivity index (χ0) is 11.0. The van der Waals surface area contributed by atoms with Gasteiger partial charge in [-0.3, -0.25) is 0 Å². The molecule has 0 amide bonds. The van der Waals surface area contributed by atoms with Crippen molar-refractivity contribution in [1.82, 2.24) is 0 Å². The standard InChI is InChI=1S/C10H9BClNO2/c12-10-8(5-13)3-7(6-1-2-6)4-9(10)11(14)15/h3-4,6,14-15H,1-2H2. The third-order valence-corrected chi connectivity index (χ3v) is 2.99. The maximum atomic E-state index is 9.11. The van der Waals surface area contributed by atoms with Gasteiger partial charge < -0.3 is 10.0 Å². The zero-order valence-corrected chi connectivity index (χ0v) is 8.70. The van der Waals surface area contributed by atoms with E-state index in [1.54, 1.807) is 12.1 Å². The first-order chi connectivity index (χ1) is 7.13. The van der Waals surface area contributed by atoms with E-state index < -0.39 is 7.12 Å². The fourth-order valence-corrected chi connectivity index (χ4v) is 1.84. The van der Waals surface area contributed by atoms with Gasteiger partial charge in [0, 0.05) is 5.46 Å². The molecule has 2 rings (SSSR count). The van der Waals surface area contributed by atoms with Gasteiger partial charge in [-0.2, -0.15) is 5.26 Å². The largest absolute Gasteiger partial charge is 0.490 e. The molecule has 1 saturated carbocycles. The molecule has 0 radical (unpaired) electrons. The van der Waals surface area contributed by atoms with Crippen LogP contribution in [0.3, 0.4) is 0 Å². The summed E-state index contributed by atoms with van der Waals surface area (Å²) in [5, 5.41) is 27.2. The van der Waals surface area contributed by atoms with E-state index in [1.165, 1.54) is 0 Å². The summed E-state index contributed by atoms with van der Waals surface area (Å²) in [5.41, 5.74) is 1.50. The summed E-state index contributed by atoms with van der Waals surface area (Å²) in [6, 6.07) is 5.36. The Kier molecular flexibility index (Phi) is 2.70. The van der Waals surface area contributed by atoms with Gasteiger partial charge in [0.25, 0.3) is 0 Å². The van der Waals surface area contributed by atoms with Crippen molar-refractivity contribution in [3.8, 4) is 6.07 Å². The summed E-state index contributed by atoms with van der Waals surface area (Å²) in [6.45, 7) is 0. The molecule has 1 aromatic carbocycles. The highest BCUT2D eigenvalue weighted by Gasteiger charge is 2.27. The Morgan fingerprint density at radius 1 is 1.40 bits per heavy atom. The number of halogens is 1. The first-order valence-corrected chi connectivity index (χ1v) is 5.11. The van der Waals surface area contributed by atoms with Crippen LogP contribution < -0.4 is 5.46 Å². The Hall–Kier alpha value is -1.02. The molecule has 0 spiro atoms. The van der Waals surface area contributed by atoms with E-state index in [4.69, 9.17) is 26.9 Å². The molecule has 0 aliphatic heterocycles. The average Bonchev–Trinajstić information content (AvgIpc) is 3.01. The molecule has 0 heterocycles.